The molecule has 0 amide bonds. The van der Waals surface area contributed by atoms with Crippen LogP contribution in [0, 0.1) is 0 Å². The average molecular weight is 293 g/mol. The van der Waals surface area contributed by atoms with Crippen molar-refractivity contribution in [3.05, 3.63) is 20.8 Å². The van der Waals surface area contributed by atoms with Crippen LogP contribution < -0.4 is 0 Å². The van der Waals surface area contributed by atoms with E-state index < -0.39 is 0 Å². The van der Waals surface area contributed by atoms with Crippen LogP contribution in [0.25, 0.3) is 0 Å². The van der Waals surface area contributed by atoms with Crippen LogP contribution in [0.1, 0.15) is 24.8 Å². The van der Waals surface area contributed by atoms with Crippen molar-refractivity contribution in [3.8, 4) is 0 Å². The minimum absolute atomic E-state index is 0.295. The highest BCUT2D eigenvalue weighted by atomic mass is 79.9. The van der Waals surface area contributed by atoms with Crippen molar-refractivity contribution in [2.75, 3.05) is 19.8 Å². The standard InChI is InChI=1S/C11H17BrO2S/c12-11-8-10(9-15-11)4-7-14-6-3-1-2-5-13/h8-9,13H,1-7H2. The molecule has 0 aliphatic heterocycles. The summed E-state index contributed by atoms with van der Waals surface area (Å²) in [5.74, 6) is 0. The van der Waals surface area contributed by atoms with Crippen molar-refractivity contribution < 1.29 is 9.84 Å². The van der Waals surface area contributed by atoms with E-state index in [2.05, 4.69) is 27.4 Å². The molecule has 1 heterocycles. The molecule has 1 aromatic heterocycles. The zero-order valence-corrected chi connectivity index (χ0v) is 11.1. The number of aliphatic hydroxyl groups is 1. The zero-order valence-electron chi connectivity index (χ0n) is 8.75. The van der Waals surface area contributed by atoms with Gasteiger partial charge in [0.1, 0.15) is 0 Å². The number of hydrogen-bond acceptors (Lipinski definition) is 3. The lowest BCUT2D eigenvalue weighted by molar-refractivity contribution is 0.131. The van der Waals surface area contributed by atoms with Gasteiger partial charge in [0.05, 0.1) is 10.4 Å². The Morgan fingerprint density at radius 2 is 2.13 bits per heavy atom. The maximum absolute atomic E-state index is 8.58. The molecule has 0 aliphatic carbocycles. The van der Waals surface area contributed by atoms with Gasteiger partial charge in [0, 0.05) is 13.2 Å². The van der Waals surface area contributed by atoms with E-state index in [9.17, 15) is 0 Å². The van der Waals surface area contributed by atoms with Crippen molar-refractivity contribution in [1.29, 1.82) is 0 Å². The first-order valence-corrected chi connectivity index (χ1v) is 6.91. The maximum atomic E-state index is 8.58. The predicted molar refractivity (Wildman–Crippen MR) is 67.5 cm³/mol. The number of unbranched alkanes of at least 4 members (excludes halogenated alkanes) is 2. The van der Waals surface area contributed by atoms with E-state index in [1.165, 1.54) is 9.35 Å². The number of rotatable bonds is 8. The molecule has 0 bridgehead atoms. The molecule has 0 atom stereocenters. The van der Waals surface area contributed by atoms with E-state index in [1.54, 1.807) is 11.3 Å². The van der Waals surface area contributed by atoms with Gasteiger partial charge >= 0.3 is 0 Å². The summed E-state index contributed by atoms with van der Waals surface area (Å²) in [4.78, 5) is 0. The van der Waals surface area contributed by atoms with Gasteiger partial charge < -0.3 is 9.84 Å². The Morgan fingerprint density at radius 1 is 1.27 bits per heavy atom. The molecule has 0 radical (unpaired) electrons. The molecule has 0 aromatic carbocycles. The minimum atomic E-state index is 0.295. The third kappa shape index (κ3) is 6.30. The van der Waals surface area contributed by atoms with E-state index in [-0.39, 0.29) is 0 Å². The molecule has 0 aliphatic rings. The van der Waals surface area contributed by atoms with Crippen molar-refractivity contribution in [2.24, 2.45) is 0 Å². The first kappa shape index (κ1) is 13.2. The highest BCUT2D eigenvalue weighted by Crippen LogP contribution is 2.20. The van der Waals surface area contributed by atoms with Gasteiger partial charge in [-0.25, -0.2) is 0 Å². The first-order chi connectivity index (χ1) is 7.33. The maximum Gasteiger partial charge on any atom is 0.0701 e. The summed E-state index contributed by atoms with van der Waals surface area (Å²) in [6, 6.07) is 2.14. The molecular formula is C11H17BrO2S. The molecule has 86 valence electrons. The predicted octanol–water partition coefficient (Wildman–Crippen LogP) is 3.23. The normalized spacial score (nSPS) is 10.8. The molecule has 2 nitrogen and oxygen atoms in total. The summed E-state index contributed by atoms with van der Waals surface area (Å²) >= 11 is 5.15. The number of hydrogen-bond donors (Lipinski definition) is 1. The van der Waals surface area contributed by atoms with Gasteiger partial charge in [0.25, 0.3) is 0 Å². The van der Waals surface area contributed by atoms with E-state index >= 15 is 0 Å². The largest absolute Gasteiger partial charge is 0.396 e. The molecule has 0 saturated carbocycles. The van der Waals surface area contributed by atoms with Crippen LogP contribution in [0.2, 0.25) is 0 Å². The summed E-state index contributed by atoms with van der Waals surface area (Å²) in [5, 5.41) is 10.7. The lowest BCUT2D eigenvalue weighted by atomic mass is 10.2. The van der Waals surface area contributed by atoms with Crippen LogP contribution in [0.5, 0.6) is 0 Å². The Kier molecular flexibility index (Phi) is 7.26. The Balaban J connectivity index is 1.93. The van der Waals surface area contributed by atoms with Crippen LogP contribution >= 0.6 is 27.3 Å². The summed E-state index contributed by atoms with van der Waals surface area (Å²) in [6.07, 6.45) is 3.98. The van der Waals surface area contributed by atoms with Gasteiger partial charge in [-0.2, -0.15) is 0 Å². The van der Waals surface area contributed by atoms with Gasteiger partial charge in [0.15, 0.2) is 0 Å². The Labute approximate surface area is 103 Å². The minimum Gasteiger partial charge on any atom is -0.396 e. The van der Waals surface area contributed by atoms with Crippen LogP contribution in [-0.4, -0.2) is 24.9 Å². The Morgan fingerprint density at radius 3 is 2.80 bits per heavy atom. The van der Waals surface area contributed by atoms with Gasteiger partial charge in [-0.05, 0) is 58.6 Å². The molecule has 15 heavy (non-hydrogen) atoms. The van der Waals surface area contributed by atoms with E-state index in [0.717, 1.165) is 38.9 Å². The summed E-state index contributed by atoms with van der Waals surface area (Å²) in [5.41, 5.74) is 1.34. The molecule has 1 aromatic rings. The molecule has 4 heteroatoms. The second-order valence-corrected chi connectivity index (χ2v) is 5.70. The van der Waals surface area contributed by atoms with Gasteiger partial charge in [-0.3, -0.25) is 0 Å². The number of thiophene rings is 1. The quantitative estimate of drug-likeness (QED) is 0.746. The van der Waals surface area contributed by atoms with Crippen LogP contribution in [0.4, 0.5) is 0 Å². The second-order valence-electron chi connectivity index (χ2n) is 3.41. The molecule has 1 N–H and O–H groups in total. The SMILES string of the molecule is OCCCCCOCCc1csc(Br)c1. The molecule has 0 saturated heterocycles. The van der Waals surface area contributed by atoms with E-state index in [1.807, 2.05) is 0 Å². The molecular weight excluding hydrogens is 276 g/mol. The van der Waals surface area contributed by atoms with E-state index in [0.29, 0.717) is 6.61 Å². The highest BCUT2D eigenvalue weighted by Gasteiger charge is 1.97. The van der Waals surface area contributed by atoms with Crippen LogP contribution in [-0.2, 0) is 11.2 Å². The monoisotopic (exact) mass is 292 g/mol. The van der Waals surface area contributed by atoms with Crippen molar-refractivity contribution in [3.63, 3.8) is 0 Å². The fourth-order valence-electron chi connectivity index (χ4n) is 1.26. The topological polar surface area (TPSA) is 29.5 Å². The third-order valence-electron chi connectivity index (χ3n) is 2.10. The van der Waals surface area contributed by atoms with Gasteiger partial charge in [-0.15, -0.1) is 11.3 Å². The molecule has 0 fully saturated rings. The van der Waals surface area contributed by atoms with Crippen LogP contribution in [0.15, 0.2) is 15.2 Å². The molecule has 1 rings (SSSR count). The number of ether oxygens (including phenoxy) is 1. The molecule has 0 unspecified atom stereocenters. The molecule has 0 spiro atoms. The fourth-order valence-corrected chi connectivity index (χ4v) is 2.51. The highest BCUT2D eigenvalue weighted by molar-refractivity contribution is 9.11. The Hall–Kier alpha value is 0.100. The average Bonchev–Trinajstić information content (AvgIpc) is 2.63. The Bertz CT molecular complexity index is 263. The second kappa shape index (κ2) is 8.28. The number of aliphatic hydroxyl groups excluding tert-OH is 1. The third-order valence-corrected chi connectivity index (χ3v) is 3.66. The van der Waals surface area contributed by atoms with Crippen LogP contribution in [0.3, 0.4) is 0 Å². The van der Waals surface area contributed by atoms with Crippen molar-refractivity contribution >= 4 is 27.3 Å². The summed E-state index contributed by atoms with van der Waals surface area (Å²) in [6.45, 7) is 1.90. The van der Waals surface area contributed by atoms with Crippen molar-refractivity contribution in [2.45, 2.75) is 25.7 Å². The smallest absolute Gasteiger partial charge is 0.0701 e. The lowest BCUT2D eigenvalue weighted by Crippen LogP contribution is -2.00. The zero-order chi connectivity index (χ0) is 10.9. The lowest BCUT2D eigenvalue weighted by Gasteiger charge is -2.02. The first-order valence-electron chi connectivity index (χ1n) is 5.24. The fraction of sp³-hybridized carbons (Fsp3) is 0.636. The summed E-state index contributed by atoms with van der Waals surface area (Å²) in [7, 11) is 0. The van der Waals surface area contributed by atoms with Crippen molar-refractivity contribution in [1.82, 2.24) is 0 Å². The van der Waals surface area contributed by atoms with Gasteiger partial charge in [0.2, 0.25) is 0 Å². The van der Waals surface area contributed by atoms with E-state index in [4.69, 9.17) is 9.84 Å². The van der Waals surface area contributed by atoms with Gasteiger partial charge in [-0.1, -0.05) is 0 Å². The summed E-state index contributed by atoms with van der Waals surface area (Å²) < 4.78 is 6.68. The number of halogens is 1.